The minimum atomic E-state index is -6.12. The molecule has 2 atom stereocenters. The molecule has 0 radical (unpaired) electrons. The molecule has 0 aromatic rings. The second-order valence-electron chi connectivity index (χ2n) is 6.19. The normalized spacial score (nSPS) is 15.9. The van der Waals surface area contributed by atoms with Crippen LogP contribution in [0.15, 0.2) is 0 Å². The summed E-state index contributed by atoms with van der Waals surface area (Å²) in [5, 5.41) is 0. The topological polar surface area (TPSA) is 61.8 Å². The standard InChI is InChI=1S/C14H17F9O5/c1-5-11(3,4)10(25)28-8(26-6(2)12(15,16)17)7(24)27-9(13(18,19)20)14(21,22)23/h6,8-9H,5H2,1-4H3. The van der Waals surface area contributed by atoms with E-state index in [9.17, 15) is 49.1 Å². The smallest absolute Gasteiger partial charge is 0.434 e. The molecule has 0 saturated carbocycles. The van der Waals surface area contributed by atoms with E-state index in [1.54, 1.807) is 0 Å². The van der Waals surface area contributed by atoms with Crippen molar-refractivity contribution in [2.45, 2.75) is 71.1 Å². The Morgan fingerprint density at radius 2 is 1.25 bits per heavy atom. The van der Waals surface area contributed by atoms with Gasteiger partial charge in [0.15, 0.2) is 6.10 Å². The van der Waals surface area contributed by atoms with Crippen molar-refractivity contribution in [2.75, 3.05) is 0 Å². The van der Waals surface area contributed by atoms with Crippen LogP contribution < -0.4 is 0 Å². The third-order valence-electron chi connectivity index (χ3n) is 3.46. The van der Waals surface area contributed by atoms with Crippen LogP contribution >= 0.6 is 0 Å². The highest BCUT2D eigenvalue weighted by Crippen LogP contribution is 2.36. The summed E-state index contributed by atoms with van der Waals surface area (Å²) in [6.45, 7) is 4.14. The molecule has 0 spiro atoms. The van der Waals surface area contributed by atoms with Crippen LogP contribution in [0.1, 0.15) is 34.1 Å². The average molecular weight is 436 g/mol. The van der Waals surface area contributed by atoms with Crippen LogP contribution in [0.5, 0.6) is 0 Å². The van der Waals surface area contributed by atoms with E-state index in [2.05, 4.69) is 14.2 Å². The molecule has 0 aromatic carbocycles. The van der Waals surface area contributed by atoms with Gasteiger partial charge >= 0.3 is 36.8 Å². The van der Waals surface area contributed by atoms with Crippen LogP contribution in [0.25, 0.3) is 0 Å². The van der Waals surface area contributed by atoms with E-state index >= 15 is 0 Å². The van der Waals surface area contributed by atoms with Crippen molar-refractivity contribution in [1.29, 1.82) is 0 Å². The minimum absolute atomic E-state index is 0.0101. The molecule has 28 heavy (non-hydrogen) atoms. The number of halogens is 9. The highest BCUT2D eigenvalue weighted by atomic mass is 19.4. The van der Waals surface area contributed by atoms with Crippen LogP contribution in [0.3, 0.4) is 0 Å². The first-order chi connectivity index (χ1) is 12.2. The Bertz CT molecular complexity index is 537. The summed E-state index contributed by atoms with van der Waals surface area (Å²) in [5.74, 6) is -4.00. The van der Waals surface area contributed by atoms with E-state index in [-0.39, 0.29) is 6.42 Å². The van der Waals surface area contributed by atoms with E-state index in [1.165, 1.54) is 20.8 Å². The Balaban J connectivity index is 5.71. The third kappa shape index (κ3) is 7.72. The summed E-state index contributed by atoms with van der Waals surface area (Å²) in [6.07, 6.45) is -28.0. The first-order valence-electron chi connectivity index (χ1n) is 7.50. The Morgan fingerprint density at radius 1 is 0.821 bits per heavy atom. The van der Waals surface area contributed by atoms with Crippen molar-refractivity contribution in [3.63, 3.8) is 0 Å². The zero-order chi connectivity index (χ0) is 22.7. The summed E-state index contributed by atoms with van der Waals surface area (Å²) >= 11 is 0. The second-order valence-corrected chi connectivity index (χ2v) is 6.19. The Morgan fingerprint density at radius 3 is 1.57 bits per heavy atom. The zero-order valence-corrected chi connectivity index (χ0v) is 14.9. The summed E-state index contributed by atoms with van der Waals surface area (Å²) in [6, 6.07) is 0. The summed E-state index contributed by atoms with van der Waals surface area (Å²) < 4.78 is 124. The van der Waals surface area contributed by atoms with Crippen LogP contribution in [-0.4, -0.2) is 49.0 Å². The van der Waals surface area contributed by atoms with Gasteiger partial charge in [0, 0.05) is 0 Å². The van der Waals surface area contributed by atoms with E-state index in [0.717, 1.165) is 0 Å². The molecule has 0 fully saturated rings. The van der Waals surface area contributed by atoms with Gasteiger partial charge in [0.25, 0.3) is 6.10 Å². The molecule has 0 aliphatic carbocycles. The summed E-state index contributed by atoms with van der Waals surface area (Å²) in [4.78, 5) is 23.6. The first-order valence-corrected chi connectivity index (χ1v) is 7.50. The van der Waals surface area contributed by atoms with E-state index in [0.29, 0.717) is 6.92 Å². The second kappa shape index (κ2) is 8.74. The molecule has 2 unspecified atom stereocenters. The predicted molar refractivity (Wildman–Crippen MR) is 72.5 cm³/mol. The predicted octanol–water partition coefficient (Wildman–Crippen LogP) is 4.30. The molecule has 0 aromatic heterocycles. The lowest BCUT2D eigenvalue weighted by Gasteiger charge is -2.29. The fourth-order valence-corrected chi connectivity index (χ4v) is 1.29. The van der Waals surface area contributed by atoms with Gasteiger partial charge in [-0.1, -0.05) is 6.92 Å². The maximum atomic E-state index is 12.6. The number of alkyl halides is 9. The van der Waals surface area contributed by atoms with Crippen molar-refractivity contribution in [3.8, 4) is 0 Å². The molecule has 14 heteroatoms. The van der Waals surface area contributed by atoms with Gasteiger partial charge in [-0.2, -0.15) is 39.5 Å². The monoisotopic (exact) mass is 436 g/mol. The van der Waals surface area contributed by atoms with Gasteiger partial charge in [0.05, 0.1) is 5.41 Å². The van der Waals surface area contributed by atoms with E-state index in [4.69, 9.17) is 0 Å². The van der Waals surface area contributed by atoms with E-state index < -0.39 is 54.4 Å². The average Bonchev–Trinajstić information content (AvgIpc) is 2.48. The summed E-state index contributed by atoms with van der Waals surface area (Å²) in [7, 11) is 0. The lowest BCUT2D eigenvalue weighted by atomic mass is 9.91. The fourth-order valence-electron chi connectivity index (χ4n) is 1.29. The van der Waals surface area contributed by atoms with Crippen molar-refractivity contribution < 1.29 is 63.3 Å². The molecule has 5 nitrogen and oxygen atoms in total. The minimum Gasteiger partial charge on any atom is -0.438 e. The molecule has 0 bridgehead atoms. The number of esters is 2. The van der Waals surface area contributed by atoms with Crippen LogP contribution in [0.2, 0.25) is 0 Å². The van der Waals surface area contributed by atoms with Gasteiger partial charge in [0.2, 0.25) is 0 Å². The third-order valence-corrected chi connectivity index (χ3v) is 3.46. The van der Waals surface area contributed by atoms with Gasteiger partial charge in [-0.05, 0) is 27.2 Å². The quantitative estimate of drug-likeness (QED) is 0.339. The van der Waals surface area contributed by atoms with Gasteiger partial charge in [-0.25, -0.2) is 4.79 Å². The van der Waals surface area contributed by atoms with Crippen molar-refractivity contribution in [1.82, 2.24) is 0 Å². The number of carbonyl (C=O) groups is 2. The van der Waals surface area contributed by atoms with Crippen molar-refractivity contribution in [2.24, 2.45) is 5.41 Å². The molecular formula is C14H17F9O5. The number of rotatable bonds is 7. The highest BCUT2D eigenvalue weighted by Gasteiger charge is 2.60. The van der Waals surface area contributed by atoms with Crippen LogP contribution in [0.4, 0.5) is 39.5 Å². The number of carbonyl (C=O) groups excluding carboxylic acids is 2. The first kappa shape index (κ1) is 26.3. The largest absolute Gasteiger partial charge is 0.438 e. The van der Waals surface area contributed by atoms with Gasteiger partial charge < -0.3 is 14.2 Å². The fraction of sp³-hybridized carbons (Fsp3) is 0.857. The molecule has 0 rings (SSSR count). The molecule has 0 aliphatic heterocycles. The Kier molecular flexibility index (Phi) is 8.20. The lowest BCUT2D eigenvalue weighted by Crippen LogP contribution is -2.49. The van der Waals surface area contributed by atoms with E-state index in [1.807, 2.05) is 0 Å². The SMILES string of the molecule is CCC(C)(C)C(=O)OC(OC(C)C(F)(F)F)C(=O)OC(C(F)(F)F)C(F)(F)F. The van der Waals surface area contributed by atoms with Crippen LogP contribution in [-0.2, 0) is 23.8 Å². The molecule has 0 N–H and O–H groups in total. The van der Waals surface area contributed by atoms with Gasteiger partial charge in [-0.15, -0.1) is 0 Å². The highest BCUT2D eigenvalue weighted by molar-refractivity contribution is 5.81. The molecule has 0 saturated heterocycles. The van der Waals surface area contributed by atoms with Gasteiger partial charge in [-0.3, -0.25) is 4.79 Å². The van der Waals surface area contributed by atoms with Gasteiger partial charge in [0.1, 0.15) is 0 Å². The number of hydrogen-bond donors (Lipinski definition) is 0. The molecule has 0 heterocycles. The number of hydrogen-bond acceptors (Lipinski definition) is 5. The maximum absolute atomic E-state index is 12.6. The van der Waals surface area contributed by atoms with Crippen molar-refractivity contribution in [3.05, 3.63) is 0 Å². The number of ether oxygens (including phenoxy) is 3. The molecule has 0 aliphatic rings. The van der Waals surface area contributed by atoms with Crippen LogP contribution in [0, 0.1) is 5.41 Å². The Hall–Kier alpha value is -1.73. The maximum Gasteiger partial charge on any atom is 0.434 e. The summed E-state index contributed by atoms with van der Waals surface area (Å²) in [5.41, 5.74) is -1.43. The Labute approximate surface area is 153 Å². The zero-order valence-electron chi connectivity index (χ0n) is 14.9. The molecular weight excluding hydrogens is 419 g/mol. The van der Waals surface area contributed by atoms with Crippen molar-refractivity contribution >= 4 is 11.9 Å². The lowest BCUT2D eigenvalue weighted by molar-refractivity contribution is -0.322. The molecule has 0 amide bonds. The molecule has 166 valence electrons.